The van der Waals surface area contributed by atoms with E-state index in [-0.39, 0.29) is 48.8 Å². The molecule has 1 aliphatic heterocycles. The fourth-order valence-electron chi connectivity index (χ4n) is 2.53. The number of hydrogen-bond donors (Lipinski definition) is 1. The number of rotatable bonds is 4. The fraction of sp³-hybridized carbons (Fsp3) is 0.500. The lowest BCUT2D eigenvalue weighted by atomic mass is 10.1. The Morgan fingerprint density at radius 2 is 2.00 bits per heavy atom. The van der Waals surface area contributed by atoms with Crippen LogP contribution in [0.25, 0.3) is 0 Å². The smallest absolute Gasteiger partial charge is 0.351 e. The summed E-state index contributed by atoms with van der Waals surface area (Å²) >= 11 is 0. The standard InChI is InChI=1S/C16H19F3N2O2/c1-10(2)15(23)20-12-7-14(22)21(9-12)8-11-5-3-4-6-13(11)16(17,18)19/h3-6,10,12H,7-9H2,1-2H3,(H,20,23)/t12-/m0/s1. The van der Waals surface area contributed by atoms with Gasteiger partial charge in [-0.3, -0.25) is 9.59 Å². The Morgan fingerprint density at radius 1 is 1.35 bits per heavy atom. The van der Waals surface area contributed by atoms with E-state index in [1.54, 1.807) is 13.8 Å². The van der Waals surface area contributed by atoms with Gasteiger partial charge in [0.25, 0.3) is 0 Å². The molecule has 1 saturated heterocycles. The van der Waals surface area contributed by atoms with Crippen LogP contribution in [0, 0.1) is 5.92 Å². The van der Waals surface area contributed by atoms with Crippen LogP contribution in [0.1, 0.15) is 31.4 Å². The molecule has 1 N–H and O–H groups in total. The third-order valence-electron chi connectivity index (χ3n) is 3.77. The van der Waals surface area contributed by atoms with E-state index >= 15 is 0 Å². The third-order valence-corrected chi connectivity index (χ3v) is 3.77. The first-order valence-corrected chi connectivity index (χ1v) is 7.41. The van der Waals surface area contributed by atoms with E-state index in [2.05, 4.69) is 5.32 Å². The van der Waals surface area contributed by atoms with E-state index in [4.69, 9.17) is 0 Å². The number of carbonyl (C=O) groups is 2. The normalized spacial score (nSPS) is 18.6. The van der Waals surface area contributed by atoms with Gasteiger partial charge in [-0.05, 0) is 11.6 Å². The molecule has 0 bridgehead atoms. The highest BCUT2D eigenvalue weighted by atomic mass is 19.4. The van der Waals surface area contributed by atoms with Crippen molar-refractivity contribution >= 4 is 11.8 Å². The van der Waals surface area contributed by atoms with Crippen molar-refractivity contribution in [3.63, 3.8) is 0 Å². The zero-order valence-corrected chi connectivity index (χ0v) is 13.0. The van der Waals surface area contributed by atoms with E-state index in [1.165, 1.54) is 23.1 Å². The van der Waals surface area contributed by atoms with Crippen molar-refractivity contribution < 1.29 is 22.8 Å². The number of hydrogen-bond acceptors (Lipinski definition) is 2. The highest BCUT2D eigenvalue weighted by Crippen LogP contribution is 2.32. The average Bonchev–Trinajstić information content (AvgIpc) is 2.78. The van der Waals surface area contributed by atoms with Crippen molar-refractivity contribution in [3.8, 4) is 0 Å². The first-order valence-electron chi connectivity index (χ1n) is 7.41. The maximum absolute atomic E-state index is 13.0. The predicted molar refractivity (Wildman–Crippen MR) is 78.2 cm³/mol. The largest absolute Gasteiger partial charge is 0.416 e. The summed E-state index contributed by atoms with van der Waals surface area (Å²) in [6.07, 6.45) is -4.34. The molecule has 4 nitrogen and oxygen atoms in total. The number of alkyl halides is 3. The monoisotopic (exact) mass is 328 g/mol. The minimum Gasteiger partial charge on any atom is -0.351 e. The zero-order valence-electron chi connectivity index (χ0n) is 13.0. The molecular weight excluding hydrogens is 309 g/mol. The molecule has 1 fully saturated rings. The predicted octanol–water partition coefficient (Wildman–Crippen LogP) is 2.58. The molecule has 126 valence electrons. The van der Waals surface area contributed by atoms with Crippen LogP contribution in [-0.2, 0) is 22.3 Å². The van der Waals surface area contributed by atoms with E-state index < -0.39 is 11.7 Å². The van der Waals surface area contributed by atoms with Crippen LogP contribution < -0.4 is 5.32 Å². The summed E-state index contributed by atoms with van der Waals surface area (Å²) in [6, 6.07) is 4.87. The number of amides is 2. The van der Waals surface area contributed by atoms with Gasteiger partial charge in [-0.1, -0.05) is 32.0 Å². The van der Waals surface area contributed by atoms with E-state index in [0.29, 0.717) is 0 Å². The van der Waals surface area contributed by atoms with Crippen molar-refractivity contribution in [1.29, 1.82) is 0 Å². The molecule has 1 aromatic carbocycles. The summed E-state index contributed by atoms with van der Waals surface area (Å²) in [4.78, 5) is 25.0. The second-order valence-corrected chi connectivity index (χ2v) is 5.99. The Labute approximate surface area is 132 Å². The van der Waals surface area contributed by atoms with Gasteiger partial charge < -0.3 is 10.2 Å². The number of nitrogens with one attached hydrogen (secondary N) is 1. The van der Waals surface area contributed by atoms with Gasteiger partial charge in [-0.25, -0.2) is 0 Å². The molecule has 0 aromatic heterocycles. The first kappa shape index (κ1) is 17.3. The minimum absolute atomic E-state index is 0.0594. The quantitative estimate of drug-likeness (QED) is 0.923. The Hall–Kier alpha value is -2.05. The molecule has 2 amide bonds. The van der Waals surface area contributed by atoms with Crippen molar-refractivity contribution in [2.45, 2.75) is 39.0 Å². The lowest BCUT2D eigenvalue weighted by molar-refractivity contribution is -0.139. The molecule has 7 heteroatoms. The fourth-order valence-corrected chi connectivity index (χ4v) is 2.53. The number of likely N-dealkylation sites (tertiary alicyclic amines) is 1. The second-order valence-electron chi connectivity index (χ2n) is 5.99. The minimum atomic E-state index is -4.45. The van der Waals surface area contributed by atoms with Gasteiger partial charge in [0.05, 0.1) is 11.6 Å². The lowest BCUT2D eigenvalue weighted by Gasteiger charge is -2.20. The summed E-state index contributed by atoms with van der Waals surface area (Å²) in [7, 11) is 0. The molecule has 0 spiro atoms. The summed E-state index contributed by atoms with van der Waals surface area (Å²) < 4.78 is 39.0. The van der Waals surface area contributed by atoms with Gasteiger partial charge >= 0.3 is 6.18 Å². The van der Waals surface area contributed by atoms with Crippen molar-refractivity contribution in [3.05, 3.63) is 35.4 Å². The van der Waals surface area contributed by atoms with Crippen LogP contribution in [0.2, 0.25) is 0 Å². The number of nitrogens with zero attached hydrogens (tertiary/aromatic N) is 1. The molecule has 0 unspecified atom stereocenters. The SMILES string of the molecule is CC(C)C(=O)N[C@H]1CC(=O)N(Cc2ccccc2C(F)(F)F)C1. The third kappa shape index (κ3) is 4.24. The van der Waals surface area contributed by atoms with E-state index in [9.17, 15) is 22.8 Å². The van der Waals surface area contributed by atoms with Crippen LogP contribution in [-0.4, -0.2) is 29.3 Å². The Balaban J connectivity index is 2.07. The molecule has 2 rings (SSSR count). The molecule has 1 aromatic rings. The van der Waals surface area contributed by atoms with Gasteiger partial charge in [0.15, 0.2) is 0 Å². The molecule has 1 heterocycles. The highest BCUT2D eigenvalue weighted by Gasteiger charge is 2.36. The summed E-state index contributed by atoms with van der Waals surface area (Å²) in [5.74, 6) is -0.624. The molecule has 0 radical (unpaired) electrons. The Kier molecular flexibility index (Phi) is 4.97. The maximum atomic E-state index is 13.0. The molecule has 0 saturated carbocycles. The summed E-state index contributed by atoms with van der Waals surface area (Å²) in [5.41, 5.74) is -0.674. The maximum Gasteiger partial charge on any atom is 0.416 e. The van der Waals surface area contributed by atoms with Gasteiger partial charge in [0.1, 0.15) is 0 Å². The van der Waals surface area contributed by atoms with Gasteiger partial charge in [0.2, 0.25) is 11.8 Å². The Bertz CT molecular complexity index is 599. The van der Waals surface area contributed by atoms with E-state index in [1.807, 2.05) is 0 Å². The van der Waals surface area contributed by atoms with Crippen LogP contribution in [0.4, 0.5) is 13.2 Å². The van der Waals surface area contributed by atoms with Crippen molar-refractivity contribution in [2.24, 2.45) is 5.92 Å². The molecule has 1 aliphatic rings. The summed E-state index contributed by atoms with van der Waals surface area (Å²) in [5, 5.41) is 2.75. The lowest BCUT2D eigenvalue weighted by Crippen LogP contribution is -2.39. The zero-order chi connectivity index (χ0) is 17.2. The van der Waals surface area contributed by atoms with Crippen LogP contribution >= 0.6 is 0 Å². The number of carbonyl (C=O) groups excluding carboxylic acids is 2. The van der Waals surface area contributed by atoms with Gasteiger partial charge in [0, 0.05) is 25.4 Å². The Morgan fingerprint density at radius 3 is 2.61 bits per heavy atom. The summed E-state index contributed by atoms with van der Waals surface area (Å²) in [6.45, 7) is 3.60. The van der Waals surface area contributed by atoms with Crippen molar-refractivity contribution in [2.75, 3.05) is 6.54 Å². The number of benzene rings is 1. The topological polar surface area (TPSA) is 49.4 Å². The average molecular weight is 328 g/mol. The molecule has 0 aliphatic carbocycles. The molecule has 1 atom stereocenters. The van der Waals surface area contributed by atoms with Crippen LogP contribution in [0.3, 0.4) is 0 Å². The van der Waals surface area contributed by atoms with Crippen LogP contribution in [0.5, 0.6) is 0 Å². The number of halogens is 3. The van der Waals surface area contributed by atoms with Crippen LogP contribution in [0.15, 0.2) is 24.3 Å². The van der Waals surface area contributed by atoms with Crippen molar-refractivity contribution in [1.82, 2.24) is 10.2 Å². The molecule has 23 heavy (non-hydrogen) atoms. The van der Waals surface area contributed by atoms with Gasteiger partial charge in [-0.2, -0.15) is 13.2 Å². The highest BCUT2D eigenvalue weighted by molar-refractivity contribution is 5.82. The molecular formula is C16H19F3N2O2. The van der Waals surface area contributed by atoms with Gasteiger partial charge in [-0.15, -0.1) is 0 Å². The first-order chi connectivity index (χ1) is 10.7. The second kappa shape index (κ2) is 6.60. The van der Waals surface area contributed by atoms with E-state index in [0.717, 1.165) is 6.07 Å².